The van der Waals surface area contributed by atoms with Crippen LogP contribution in [0.3, 0.4) is 0 Å². The maximum absolute atomic E-state index is 11.7. The van der Waals surface area contributed by atoms with Gasteiger partial charge in [0.25, 0.3) is 0 Å². The molecule has 0 fully saturated rings. The van der Waals surface area contributed by atoms with Gasteiger partial charge < -0.3 is 15.6 Å². The molecule has 0 spiro atoms. The number of aliphatic hydroxyl groups is 1. The van der Waals surface area contributed by atoms with Crippen LogP contribution >= 0.6 is 11.6 Å². The molecular weight excluding hydrogens is 242 g/mol. The van der Waals surface area contributed by atoms with Gasteiger partial charge >= 0.3 is 5.97 Å². The molecule has 0 saturated carbocycles. The zero-order valence-corrected chi connectivity index (χ0v) is 10.6. The normalized spacial score (nSPS) is 11.3. The Bertz CT molecular complexity index is 392. The van der Waals surface area contributed by atoms with Crippen LogP contribution in [0.5, 0.6) is 0 Å². The van der Waals surface area contributed by atoms with E-state index < -0.39 is 11.6 Å². The van der Waals surface area contributed by atoms with E-state index in [-0.39, 0.29) is 22.9 Å². The Balaban J connectivity index is 2.65. The number of halogens is 1. The van der Waals surface area contributed by atoms with E-state index in [2.05, 4.69) is 0 Å². The molecule has 1 aromatic rings. The third-order valence-electron chi connectivity index (χ3n) is 2.20. The van der Waals surface area contributed by atoms with E-state index in [1.54, 1.807) is 32.0 Å². The molecule has 17 heavy (non-hydrogen) atoms. The van der Waals surface area contributed by atoms with Crippen LogP contribution in [0.15, 0.2) is 18.2 Å². The summed E-state index contributed by atoms with van der Waals surface area (Å²) in [4.78, 5) is 11.7. The van der Waals surface area contributed by atoms with Crippen LogP contribution < -0.4 is 5.73 Å². The maximum atomic E-state index is 11.7. The first kappa shape index (κ1) is 13.8. The van der Waals surface area contributed by atoms with Crippen molar-refractivity contribution in [3.63, 3.8) is 0 Å². The van der Waals surface area contributed by atoms with Gasteiger partial charge in [-0.3, -0.25) is 0 Å². The van der Waals surface area contributed by atoms with Crippen LogP contribution in [0.25, 0.3) is 0 Å². The van der Waals surface area contributed by atoms with Gasteiger partial charge in [0, 0.05) is 12.1 Å². The first-order valence-corrected chi connectivity index (χ1v) is 5.62. The number of nitrogen functional groups attached to an aromatic ring is 1. The quantitative estimate of drug-likeness (QED) is 0.641. The Morgan fingerprint density at radius 3 is 2.71 bits per heavy atom. The maximum Gasteiger partial charge on any atom is 0.341 e. The molecule has 1 aromatic carbocycles. The Labute approximate surface area is 105 Å². The summed E-state index contributed by atoms with van der Waals surface area (Å²) in [6.45, 7) is 3.41. The van der Waals surface area contributed by atoms with Gasteiger partial charge in [0.2, 0.25) is 0 Å². The van der Waals surface area contributed by atoms with Crippen LogP contribution in [-0.4, -0.2) is 23.3 Å². The first-order chi connectivity index (χ1) is 7.81. The fraction of sp³-hybridized carbons (Fsp3) is 0.417. The molecule has 3 N–H and O–H groups in total. The zero-order chi connectivity index (χ0) is 13.1. The second-order valence-electron chi connectivity index (χ2n) is 4.40. The van der Waals surface area contributed by atoms with Gasteiger partial charge in [0.15, 0.2) is 0 Å². The number of nitrogens with two attached hydrogens (primary N) is 1. The molecule has 0 aliphatic heterocycles. The number of esters is 1. The topological polar surface area (TPSA) is 72.5 Å². The lowest BCUT2D eigenvalue weighted by atomic mass is 10.1. The number of hydrogen-bond acceptors (Lipinski definition) is 4. The summed E-state index contributed by atoms with van der Waals surface area (Å²) in [6, 6.07) is 4.81. The fourth-order valence-corrected chi connectivity index (χ4v) is 1.48. The van der Waals surface area contributed by atoms with Gasteiger partial charge in [-0.15, -0.1) is 0 Å². The lowest BCUT2D eigenvalue weighted by molar-refractivity contribution is 0.0245. The Morgan fingerprint density at radius 1 is 1.53 bits per heavy atom. The molecule has 0 unspecified atom stereocenters. The van der Waals surface area contributed by atoms with Gasteiger partial charge in [-0.25, -0.2) is 4.79 Å². The minimum atomic E-state index is -0.869. The van der Waals surface area contributed by atoms with Gasteiger partial charge in [0.1, 0.15) is 5.56 Å². The van der Waals surface area contributed by atoms with Crippen LogP contribution in [0.1, 0.15) is 30.6 Å². The number of anilines is 1. The summed E-state index contributed by atoms with van der Waals surface area (Å²) in [5, 5.41) is 9.73. The minimum absolute atomic E-state index is 0.118. The van der Waals surface area contributed by atoms with E-state index in [1.807, 2.05) is 0 Å². The predicted molar refractivity (Wildman–Crippen MR) is 67.1 cm³/mol. The minimum Gasteiger partial charge on any atom is -0.462 e. The molecule has 0 bridgehead atoms. The summed E-state index contributed by atoms with van der Waals surface area (Å²) < 4.78 is 5.00. The molecule has 0 radical (unpaired) electrons. The fourth-order valence-electron chi connectivity index (χ4n) is 1.22. The predicted octanol–water partition coefficient (Wildman–Crippen LogP) is 2.24. The number of carbonyl (C=O) groups excluding carboxylic acids is 1. The SMILES string of the molecule is CC(C)(O)CCOC(=O)c1c(N)cccc1Cl. The number of benzene rings is 1. The van der Waals surface area contributed by atoms with E-state index in [4.69, 9.17) is 22.1 Å². The van der Waals surface area contributed by atoms with Gasteiger partial charge in [-0.2, -0.15) is 0 Å². The summed E-state index contributed by atoms with van der Waals surface area (Å²) in [7, 11) is 0. The number of hydrogen-bond donors (Lipinski definition) is 2. The molecule has 0 aromatic heterocycles. The highest BCUT2D eigenvalue weighted by Gasteiger charge is 2.17. The molecule has 0 heterocycles. The van der Waals surface area contributed by atoms with Crippen LogP contribution in [0.2, 0.25) is 5.02 Å². The summed E-state index contributed by atoms with van der Waals surface area (Å²) >= 11 is 5.86. The molecule has 0 aliphatic carbocycles. The average molecular weight is 258 g/mol. The number of ether oxygens (including phenoxy) is 1. The molecule has 0 atom stereocenters. The summed E-state index contributed by atoms with van der Waals surface area (Å²) in [5.74, 6) is -0.572. The van der Waals surface area contributed by atoms with Crippen LogP contribution in [0.4, 0.5) is 5.69 Å². The largest absolute Gasteiger partial charge is 0.462 e. The highest BCUT2D eigenvalue weighted by molar-refractivity contribution is 6.34. The second kappa shape index (κ2) is 5.38. The standard InChI is InChI=1S/C12H16ClNO3/c1-12(2,16)6-7-17-11(15)10-8(13)4-3-5-9(10)14/h3-5,16H,6-7,14H2,1-2H3. The first-order valence-electron chi connectivity index (χ1n) is 5.25. The average Bonchev–Trinajstić information content (AvgIpc) is 2.15. The van der Waals surface area contributed by atoms with E-state index in [9.17, 15) is 9.90 Å². The highest BCUT2D eigenvalue weighted by atomic mass is 35.5. The lowest BCUT2D eigenvalue weighted by Crippen LogP contribution is -2.22. The molecule has 94 valence electrons. The van der Waals surface area contributed by atoms with Crippen molar-refractivity contribution in [1.82, 2.24) is 0 Å². The smallest absolute Gasteiger partial charge is 0.341 e. The van der Waals surface area contributed by atoms with Crippen molar-refractivity contribution < 1.29 is 14.6 Å². The van der Waals surface area contributed by atoms with Crippen molar-refractivity contribution >= 4 is 23.3 Å². The van der Waals surface area contributed by atoms with Crippen LogP contribution in [0, 0.1) is 0 Å². The number of rotatable bonds is 4. The van der Waals surface area contributed by atoms with Crippen molar-refractivity contribution in [3.05, 3.63) is 28.8 Å². The van der Waals surface area contributed by atoms with Crippen LogP contribution in [-0.2, 0) is 4.74 Å². The van der Waals surface area contributed by atoms with Crippen molar-refractivity contribution in [1.29, 1.82) is 0 Å². The van der Waals surface area contributed by atoms with Crippen molar-refractivity contribution in [3.8, 4) is 0 Å². The van der Waals surface area contributed by atoms with E-state index in [1.165, 1.54) is 0 Å². The van der Waals surface area contributed by atoms with E-state index >= 15 is 0 Å². The Morgan fingerprint density at radius 2 is 2.18 bits per heavy atom. The van der Waals surface area contributed by atoms with Crippen molar-refractivity contribution in [2.24, 2.45) is 0 Å². The van der Waals surface area contributed by atoms with Gasteiger partial charge in [0.05, 0.1) is 17.2 Å². The van der Waals surface area contributed by atoms with Crippen molar-refractivity contribution in [2.45, 2.75) is 25.9 Å². The molecule has 0 aliphatic rings. The summed E-state index contributed by atoms with van der Waals surface area (Å²) in [5.41, 5.74) is 5.23. The summed E-state index contributed by atoms with van der Waals surface area (Å²) in [6.07, 6.45) is 0.350. The third kappa shape index (κ3) is 4.24. The lowest BCUT2D eigenvalue weighted by Gasteiger charge is -2.16. The molecule has 0 amide bonds. The third-order valence-corrected chi connectivity index (χ3v) is 2.51. The second-order valence-corrected chi connectivity index (χ2v) is 4.81. The Hall–Kier alpha value is -1.26. The monoisotopic (exact) mass is 257 g/mol. The molecule has 0 saturated heterocycles. The molecular formula is C12H16ClNO3. The van der Waals surface area contributed by atoms with Gasteiger partial charge in [-0.1, -0.05) is 17.7 Å². The highest BCUT2D eigenvalue weighted by Crippen LogP contribution is 2.23. The van der Waals surface area contributed by atoms with E-state index in [0.29, 0.717) is 6.42 Å². The zero-order valence-electron chi connectivity index (χ0n) is 9.87. The number of carbonyl (C=O) groups is 1. The molecule has 4 nitrogen and oxygen atoms in total. The molecule has 5 heteroatoms. The molecule has 1 rings (SSSR count). The van der Waals surface area contributed by atoms with Gasteiger partial charge in [-0.05, 0) is 26.0 Å². The Kier molecular flexibility index (Phi) is 4.37. The van der Waals surface area contributed by atoms with Crippen molar-refractivity contribution in [2.75, 3.05) is 12.3 Å². The van der Waals surface area contributed by atoms with E-state index in [0.717, 1.165) is 0 Å².